The van der Waals surface area contributed by atoms with Crippen molar-refractivity contribution < 1.29 is 9.59 Å². The molecule has 3 aliphatic rings. The molecule has 4 heteroatoms. The maximum atomic E-state index is 12.8. The molecule has 1 aliphatic carbocycles. The molecule has 1 spiro atoms. The third kappa shape index (κ3) is 2.36. The summed E-state index contributed by atoms with van der Waals surface area (Å²) in [6.45, 7) is 4.53. The molecule has 2 fully saturated rings. The molecule has 20 heavy (non-hydrogen) atoms. The first kappa shape index (κ1) is 13.7. The van der Waals surface area contributed by atoms with E-state index in [0.717, 1.165) is 51.7 Å². The number of piperidine rings is 1. The van der Waals surface area contributed by atoms with Gasteiger partial charge in [-0.3, -0.25) is 9.59 Å². The van der Waals surface area contributed by atoms with E-state index >= 15 is 0 Å². The lowest BCUT2D eigenvalue weighted by atomic mass is 9.74. The third-order valence-electron chi connectivity index (χ3n) is 5.42. The summed E-state index contributed by atoms with van der Waals surface area (Å²) in [4.78, 5) is 26.2. The molecule has 0 bridgehead atoms. The van der Waals surface area contributed by atoms with Crippen molar-refractivity contribution in [3.63, 3.8) is 0 Å². The predicted molar refractivity (Wildman–Crippen MR) is 77.0 cm³/mol. The standard InChI is InChI=1S/C16H24N2O2/c1-15(5-3-2-4-6-15)14(20)18-9-7-16(8-10-18)11-13(19)17-12-16/h2-3H,4-12H2,1H3,(H,17,19). The Balaban J connectivity index is 1.62. The summed E-state index contributed by atoms with van der Waals surface area (Å²) in [5.74, 6) is 0.489. The molecule has 3 rings (SSSR count). The Morgan fingerprint density at radius 3 is 2.55 bits per heavy atom. The predicted octanol–water partition coefficient (Wildman–Crippen LogP) is 1.86. The van der Waals surface area contributed by atoms with Crippen LogP contribution in [0.5, 0.6) is 0 Å². The number of hydrogen-bond acceptors (Lipinski definition) is 2. The Kier molecular flexibility index (Phi) is 3.35. The summed E-state index contributed by atoms with van der Waals surface area (Å²) in [6.07, 6.45) is 9.74. The average molecular weight is 276 g/mol. The van der Waals surface area contributed by atoms with Gasteiger partial charge in [0.05, 0.1) is 5.41 Å². The fourth-order valence-corrected chi connectivity index (χ4v) is 3.83. The van der Waals surface area contributed by atoms with Gasteiger partial charge in [-0.05, 0) is 37.5 Å². The van der Waals surface area contributed by atoms with E-state index in [1.807, 2.05) is 4.90 Å². The second-order valence-corrected chi connectivity index (χ2v) is 7.02. The minimum atomic E-state index is -0.205. The number of carbonyl (C=O) groups excluding carboxylic acids is 2. The molecular weight excluding hydrogens is 252 g/mol. The molecule has 0 aromatic carbocycles. The number of likely N-dealkylation sites (tertiary alicyclic amines) is 1. The quantitative estimate of drug-likeness (QED) is 0.743. The average Bonchev–Trinajstić information content (AvgIpc) is 2.81. The van der Waals surface area contributed by atoms with Gasteiger partial charge in [-0.1, -0.05) is 19.1 Å². The molecule has 1 N–H and O–H groups in total. The SMILES string of the molecule is CC1(C(=O)N2CCC3(CC2)CNC(=O)C3)CC=CCC1. The first-order valence-electron chi connectivity index (χ1n) is 7.74. The van der Waals surface area contributed by atoms with Crippen LogP contribution in [0.1, 0.15) is 45.4 Å². The van der Waals surface area contributed by atoms with E-state index in [1.165, 1.54) is 0 Å². The zero-order valence-corrected chi connectivity index (χ0v) is 12.3. The minimum Gasteiger partial charge on any atom is -0.356 e. The second-order valence-electron chi connectivity index (χ2n) is 7.02. The highest BCUT2D eigenvalue weighted by Crippen LogP contribution is 2.40. The van der Waals surface area contributed by atoms with E-state index in [0.29, 0.717) is 12.3 Å². The molecular formula is C16H24N2O2. The summed E-state index contributed by atoms with van der Waals surface area (Å²) in [7, 11) is 0. The zero-order valence-electron chi connectivity index (χ0n) is 12.3. The van der Waals surface area contributed by atoms with Gasteiger partial charge >= 0.3 is 0 Å². The lowest BCUT2D eigenvalue weighted by Crippen LogP contribution is -2.49. The molecule has 2 heterocycles. The van der Waals surface area contributed by atoms with Crippen LogP contribution in [0.4, 0.5) is 0 Å². The Hall–Kier alpha value is -1.32. The first-order chi connectivity index (χ1) is 9.53. The summed E-state index contributed by atoms with van der Waals surface area (Å²) in [5, 5.41) is 2.94. The van der Waals surface area contributed by atoms with Crippen molar-refractivity contribution in [2.45, 2.75) is 45.4 Å². The van der Waals surface area contributed by atoms with Crippen molar-refractivity contribution in [3.8, 4) is 0 Å². The van der Waals surface area contributed by atoms with Gasteiger partial charge in [-0.15, -0.1) is 0 Å². The van der Waals surface area contributed by atoms with Crippen molar-refractivity contribution in [1.82, 2.24) is 10.2 Å². The molecule has 1 unspecified atom stereocenters. The topological polar surface area (TPSA) is 49.4 Å². The minimum absolute atomic E-state index is 0.126. The molecule has 0 aromatic rings. The Morgan fingerprint density at radius 1 is 1.25 bits per heavy atom. The summed E-state index contributed by atoms with van der Waals surface area (Å²) >= 11 is 0. The third-order valence-corrected chi connectivity index (χ3v) is 5.42. The van der Waals surface area contributed by atoms with Gasteiger partial charge in [0.1, 0.15) is 0 Å². The number of nitrogens with zero attached hydrogens (tertiary/aromatic N) is 1. The van der Waals surface area contributed by atoms with Crippen LogP contribution in [-0.4, -0.2) is 36.3 Å². The number of hydrogen-bond donors (Lipinski definition) is 1. The molecule has 0 radical (unpaired) electrons. The van der Waals surface area contributed by atoms with Crippen LogP contribution in [-0.2, 0) is 9.59 Å². The smallest absolute Gasteiger partial charge is 0.228 e. The Morgan fingerprint density at radius 2 is 2.00 bits per heavy atom. The van der Waals surface area contributed by atoms with Gasteiger partial charge in [0.2, 0.25) is 11.8 Å². The molecule has 110 valence electrons. The van der Waals surface area contributed by atoms with E-state index in [2.05, 4.69) is 24.4 Å². The molecule has 0 aromatic heterocycles. The van der Waals surface area contributed by atoms with Crippen LogP contribution < -0.4 is 5.32 Å². The lowest BCUT2D eigenvalue weighted by Gasteiger charge is -2.42. The number of rotatable bonds is 1. The van der Waals surface area contributed by atoms with E-state index < -0.39 is 0 Å². The van der Waals surface area contributed by atoms with E-state index in [1.54, 1.807) is 0 Å². The lowest BCUT2D eigenvalue weighted by molar-refractivity contribution is -0.144. The molecule has 2 amide bonds. The molecule has 0 saturated carbocycles. The summed E-state index contributed by atoms with van der Waals surface area (Å²) in [6, 6.07) is 0. The highest BCUT2D eigenvalue weighted by atomic mass is 16.2. The van der Waals surface area contributed by atoms with Crippen molar-refractivity contribution in [1.29, 1.82) is 0 Å². The Labute approximate surface area is 120 Å². The van der Waals surface area contributed by atoms with E-state index in [4.69, 9.17) is 0 Å². The monoisotopic (exact) mass is 276 g/mol. The number of nitrogens with one attached hydrogen (secondary N) is 1. The molecule has 1 atom stereocenters. The van der Waals surface area contributed by atoms with Crippen molar-refractivity contribution in [2.75, 3.05) is 19.6 Å². The van der Waals surface area contributed by atoms with Crippen molar-refractivity contribution >= 4 is 11.8 Å². The molecule has 2 saturated heterocycles. The van der Waals surface area contributed by atoms with Crippen LogP contribution in [0.2, 0.25) is 0 Å². The highest BCUT2D eigenvalue weighted by molar-refractivity contribution is 5.83. The normalized spacial score (nSPS) is 32.5. The fourth-order valence-electron chi connectivity index (χ4n) is 3.83. The number of carbonyl (C=O) groups is 2. The van der Waals surface area contributed by atoms with Gasteiger partial charge in [-0.2, -0.15) is 0 Å². The van der Waals surface area contributed by atoms with Crippen LogP contribution in [0, 0.1) is 10.8 Å². The number of allylic oxidation sites excluding steroid dienone is 2. The first-order valence-corrected chi connectivity index (χ1v) is 7.74. The summed E-state index contributed by atoms with van der Waals surface area (Å²) in [5.41, 5.74) is -0.0791. The molecule has 2 aliphatic heterocycles. The maximum Gasteiger partial charge on any atom is 0.228 e. The van der Waals surface area contributed by atoms with E-state index in [-0.39, 0.29) is 16.7 Å². The van der Waals surface area contributed by atoms with Crippen LogP contribution >= 0.6 is 0 Å². The van der Waals surface area contributed by atoms with Crippen molar-refractivity contribution in [3.05, 3.63) is 12.2 Å². The van der Waals surface area contributed by atoms with Gasteiger partial charge in [0, 0.05) is 26.1 Å². The maximum absolute atomic E-state index is 12.8. The fraction of sp³-hybridized carbons (Fsp3) is 0.750. The van der Waals surface area contributed by atoms with Gasteiger partial charge in [0.25, 0.3) is 0 Å². The zero-order chi connectivity index (χ0) is 14.2. The van der Waals surface area contributed by atoms with Crippen LogP contribution in [0.25, 0.3) is 0 Å². The van der Waals surface area contributed by atoms with Crippen LogP contribution in [0.15, 0.2) is 12.2 Å². The van der Waals surface area contributed by atoms with Gasteiger partial charge in [-0.25, -0.2) is 0 Å². The van der Waals surface area contributed by atoms with Gasteiger partial charge in [0.15, 0.2) is 0 Å². The Bertz CT molecular complexity index is 449. The van der Waals surface area contributed by atoms with Gasteiger partial charge < -0.3 is 10.2 Å². The molecule has 4 nitrogen and oxygen atoms in total. The summed E-state index contributed by atoms with van der Waals surface area (Å²) < 4.78 is 0. The second kappa shape index (κ2) is 4.90. The highest BCUT2D eigenvalue weighted by Gasteiger charge is 2.44. The van der Waals surface area contributed by atoms with Crippen molar-refractivity contribution in [2.24, 2.45) is 10.8 Å². The largest absolute Gasteiger partial charge is 0.356 e. The number of amides is 2. The van der Waals surface area contributed by atoms with E-state index in [9.17, 15) is 9.59 Å². The van der Waals surface area contributed by atoms with Crippen LogP contribution in [0.3, 0.4) is 0 Å².